The predicted octanol–water partition coefficient (Wildman–Crippen LogP) is 2.21. The van der Waals surface area contributed by atoms with E-state index in [2.05, 4.69) is 10.5 Å². The summed E-state index contributed by atoms with van der Waals surface area (Å²) in [4.78, 5) is 21.0. The summed E-state index contributed by atoms with van der Waals surface area (Å²) >= 11 is 0. The molecule has 0 unspecified atom stereocenters. The van der Waals surface area contributed by atoms with Crippen LogP contribution in [0, 0.1) is 10.8 Å². The summed E-state index contributed by atoms with van der Waals surface area (Å²) in [7, 11) is -2.14. The van der Waals surface area contributed by atoms with Crippen molar-refractivity contribution in [3.8, 4) is 5.75 Å². The smallest absolute Gasteiger partial charge is 0.378 e. The van der Waals surface area contributed by atoms with Gasteiger partial charge in [-0.25, -0.2) is 13.2 Å². The molecule has 24 heavy (non-hydrogen) atoms. The topological polar surface area (TPSA) is 105 Å². The number of rotatable bonds is 9. The Hall–Kier alpha value is -2.00. The van der Waals surface area contributed by atoms with Crippen molar-refractivity contribution < 1.29 is 17.9 Å². The quantitative estimate of drug-likeness (QED) is 0.539. The predicted molar refractivity (Wildman–Crippen MR) is 90.4 cm³/mol. The third-order valence-electron chi connectivity index (χ3n) is 3.21. The molecule has 0 spiro atoms. The highest BCUT2D eigenvalue weighted by Crippen LogP contribution is 2.20. The fourth-order valence-electron chi connectivity index (χ4n) is 2.10. The van der Waals surface area contributed by atoms with Crippen LogP contribution < -0.4 is 10.1 Å². The molecule has 1 N–H and O–H groups in total. The number of hydrogen-bond donors (Lipinski definition) is 1. The normalized spacial score (nSPS) is 11.5. The molecule has 1 rings (SSSR count). The minimum absolute atomic E-state index is 0.143. The van der Waals surface area contributed by atoms with Crippen LogP contribution in [0.15, 0.2) is 34.3 Å². The lowest BCUT2D eigenvalue weighted by Crippen LogP contribution is -2.36. The zero-order valence-electron chi connectivity index (χ0n) is 14.1. The van der Waals surface area contributed by atoms with Gasteiger partial charge in [0.25, 0.3) is 0 Å². The molecule has 0 aliphatic carbocycles. The minimum Gasteiger partial charge on any atom is -0.497 e. The SMILES string of the molecule is COc1ccc(S(=O)(=O)N(CCCNC(=O)N=O)CC(C)C)cc1. The molecule has 1 aromatic rings. The van der Waals surface area contributed by atoms with Crippen LogP contribution in [0.5, 0.6) is 5.75 Å². The summed E-state index contributed by atoms with van der Waals surface area (Å²) < 4.78 is 32.0. The first-order chi connectivity index (χ1) is 11.3. The first kappa shape index (κ1) is 20.0. The molecule has 0 aliphatic heterocycles. The molecule has 1 aromatic carbocycles. The highest BCUT2D eigenvalue weighted by atomic mass is 32.2. The second-order valence-electron chi connectivity index (χ2n) is 5.61. The molecule has 2 amide bonds. The van der Waals surface area contributed by atoms with Gasteiger partial charge in [0, 0.05) is 24.8 Å². The zero-order chi connectivity index (χ0) is 18.2. The molecular formula is C15H23N3O5S. The van der Waals surface area contributed by atoms with Gasteiger partial charge in [0.15, 0.2) is 0 Å². The average molecular weight is 357 g/mol. The van der Waals surface area contributed by atoms with E-state index >= 15 is 0 Å². The number of carbonyl (C=O) groups is 1. The number of nitroso groups, excluding NO2 is 1. The average Bonchev–Trinajstić information content (AvgIpc) is 2.56. The molecule has 0 saturated heterocycles. The van der Waals surface area contributed by atoms with Crippen molar-refractivity contribution in [1.82, 2.24) is 9.62 Å². The number of benzene rings is 1. The van der Waals surface area contributed by atoms with Crippen LogP contribution in [-0.2, 0) is 10.0 Å². The maximum absolute atomic E-state index is 12.8. The van der Waals surface area contributed by atoms with E-state index < -0.39 is 16.1 Å². The Bertz CT molecular complexity index is 644. The second-order valence-corrected chi connectivity index (χ2v) is 7.55. The Morgan fingerprint density at radius 1 is 1.29 bits per heavy atom. The van der Waals surface area contributed by atoms with Gasteiger partial charge in [0.1, 0.15) is 5.75 Å². The van der Waals surface area contributed by atoms with Gasteiger partial charge >= 0.3 is 6.03 Å². The standard InChI is InChI=1S/C15H23N3O5S/c1-12(2)11-18(10-4-9-16-15(19)17-20)24(21,22)14-7-5-13(23-3)6-8-14/h5-8,12H,4,9-11H2,1-3H3,(H,16,19). The van der Waals surface area contributed by atoms with Crippen molar-refractivity contribution in [2.45, 2.75) is 25.2 Å². The molecule has 8 nitrogen and oxygen atoms in total. The van der Waals surface area contributed by atoms with E-state index in [0.29, 0.717) is 18.7 Å². The Kier molecular flexibility index (Phi) is 7.80. The summed E-state index contributed by atoms with van der Waals surface area (Å²) in [5.74, 6) is 0.720. The maximum atomic E-state index is 12.8. The van der Waals surface area contributed by atoms with E-state index in [1.54, 1.807) is 12.1 Å². The fraction of sp³-hybridized carbons (Fsp3) is 0.533. The molecule has 0 aliphatic rings. The summed E-state index contributed by atoms with van der Waals surface area (Å²) in [5.41, 5.74) is 0. The van der Waals surface area contributed by atoms with Gasteiger partial charge < -0.3 is 10.1 Å². The third kappa shape index (κ3) is 5.89. The minimum atomic E-state index is -3.65. The molecule has 0 bridgehead atoms. The van der Waals surface area contributed by atoms with Crippen LogP contribution in [0.25, 0.3) is 0 Å². The van der Waals surface area contributed by atoms with E-state index in [4.69, 9.17) is 4.74 Å². The Labute approximate surface area is 142 Å². The Morgan fingerprint density at radius 2 is 1.92 bits per heavy atom. The number of nitrogens with one attached hydrogen (secondary N) is 1. The molecular weight excluding hydrogens is 334 g/mol. The number of amides is 2. The van der Waals surface area contributed by atoms with Gasteiger partial charge in [-0.15, -0.1) is 4.91 Å². The van der Waals surface area contributed by atoms with Crippen molar-refractivity contribution in [1.29, 1.82) is 0 Å². The van der Waals surface area contributed by atoms with Crippen molar-refractivity contribution in [3.63, 3.8) is 0 Å². The largest absolute Gasteiger partial charge is 0.497 e. The van der Waals surface area contributed by atoms with Crippen molar-refractivity contribution >= 4 is 16.1 Å². The molecule has 0 atom stereocenters. The number of sulfonamides is 1. The van der Waals surface area contributed by atoms with Crippen LogP contribution in [0.3, 0.4) is 0 Å². The van der Waals surface area contributed by atoms with E-state index in [0.717, 1.165) is 0 Å². The maximum Gasteiger partial charge on any atom is 0.378 e. The molecule has 9 heteroatoms. The molecule has 0 saturated carbocycles. The van der Waals surface area contributed by atoms with Crippen molar-refractivity contribution in [2.24, 2.45) is 11.1 Å². The number of nitrogens with zero attached hydrogens (tertiary/aromatic N) is 2. The van der Waals surface area contributed by atoms with E-state index in [9.17, 15) is 18.1 Å². The van der Waals surface area contributed by atoms with Crippen molar-refractivity contribution in [2.75, 3.05) is 26.7 Å². The molecule has 0 heterocycles. The lowest BCUT2D eigenvalue weighted by Gasteiger charge is -2.24. The third-order valence-corrected chi connectivity index (χ3v) is 5.09. The first-order valence-electron chi connectivity index (χ1n) is 7.56. The number of carbonyl (C=O) groups excluding carboxylic acids is 1. The summed E-state index contributed by atoms with van der Waals surface area (Å²) in [6, 6.07) is 5.23. The summed E-state index contributed by atoms with van der Waals surface area (Å²) in [6.07, 6.45) is 0.378. The van der Waals surface area contributed by atoms with Gasteiger partial charge in [-0.1, -0.05) is 13.8 Å². The molecule has 134 valence electrons. The van der Waals surface area contributed by atoms with Crippen molar-refractivity contribution in [3.05, 3.63) is 29.2 Å². The van der Waals surface area contributed by atoms with E-state index in [1.807, 2.05) is 13.8 Å². The first-order valence-corrected chi connectivity index (χ1v) is 9.00. The molecule has 0 aromatic heterocycles. The van der Waals surface area contributed by atoms with Crippen LogP contribution >= 0.6 is 0 Å². The van der Waals surface area contributed by atoms with Crippen LogP contribution in [0.2, 0.25) is 0 Å². The summed E-state index contributed by atoms with van der Waals surface area (Å²) in [6.45, 7) is 4.61. The number of hydrogen-bond acceptors (Lipinski definition) is 5. The monoisotopic (exact) mass is 357 g/mol. The highest BCUT2D eigenvalue weighted by Gasteiger charge is 2.24. The lowest BCUT2D eigenvalue weighted by molar-refractivity contribution is 0.248. The van der Waals surface area contributed by atoms with Gasteiger partial charge in [-0.3, -0.25) is 0 Å². The van der Waals surface area contributed by atoms with Gasteiger partial charge in [-0.05, 0) is 36.6 Å². The number of urea groups is 1. The molecule has 0 fully saturated rings. The number of methoxy groups -OCH3 is 1. The van der Waals surface area contributed by atoms with Crippen LogP contribution in [0.1, 0.15) is 20.3 Å². The van der Waals surface area contributed by atoms with E-state index in [1.165, 1.54) is 23.5 Å². The van der Waals surface area contributed by atoms with Gasteiger partial charge in [-0.2, -0.15) is 4.31 Å². The van der Waals surface area contributed by atoms with Gasteiger partial charge in [0.2, 0.25) is 10.0 Å². The second kappa shape index (κ2) is 9.33. The number of ether oxygens (including phenoxy) is 1. The highest BCUT2D eigenvalue weighted by molar-refractivity contribution is 7.89. The summed E-state index contributed by atoms with van der Waals surface area (Å²) in [5, 5.41) is 4.51. The van der Waals surface area contributed by atoms with Crippen LogP contribution in [-0.4, -0.2) is 45.5 Å². The Balaban J connectivity index is 2.83. The molecule has 0 radical (unpaired) electrons. The van der Waals surface area contributed by atoms with E-state index in [-0.39, 0.29) is 23.9 Å². The van der Waals surface area contributed by atoms with Crippen LogP contribution in [0.4, 0.5) is 4.79 Å². The fourth-order valence-corrected chi connectivity index (χ4v) is 3.74. The van der Waals surface area contributed by atoms with Gasteiger partial charge in [0.05, 0.1) is 12.0 Å². The zero-order valence-corrected chi connectivity index (χ0v) is 14.9. The Morgan fingerprint density at radius 3 is 2.42 bits per heavy atom. The lowest BCUT2D eigenvalue weighted by atomic mass is 10.2.